The van der Waals surface area contributed by atoms with Crippen LogP contribution in [-0.4, -0.2) is 27.7 Å². The largest absolute Gasteiger partial charge is 0.504 e. The summed E-state index contributed by atoms with van der Waals surface area (Å²) < 4.78 is 5.90. The number of ketones is 1. The van der Waals surface area contributed by atoms with Crippen LogP contribution in [0.3, 0.4) is 0 Å². The predicted molar refractivity (Wildman–Crippen MR) is 81.0 cm³/mol. The van der Waals surface area contributed by atoms with Gasteiger partial charge in [-0.25, -0.2) is 0 Å². The molecule has 0 bridgehead atoms. The van der Waals surface area contributed by atoms with Gasteiger partial charge in [0.1, 0.15) is 0 Å². The molecule has 4 heteroatoms. The minimum atomic E-state index is -1.12. The lowest BCUT2D eigenvalue weighted by Gasteiger charge is -2.54. The molecule has 3 aliphatic rings. The van der Waals surface area contributed by atoms with E-state index in [2.05, 4.69) is 0 Å². The molecule has 22 heavy (non-hydrogen) atoms. The normalized spacial score (nSPS) is 39.0. The number of phenols is 1. The van der Waals surface area contributed by atoms with Gasteiger partial charge in [-0.3, -0.25) is 4.79 Å². The lowest BCUT2D eigenvalue weighted by molar-refractivity contribution is -0.141. The monoisotopic (exact) mass is 300 g/mol. The number of aryl methyl sites for hydroxylation is 1. The zero-order valence-corrected chi connectivity index (χ0v) is 12.8. The Bertz CT molecular complexity index is 707. The van der Waals surface area contributed by atoms with Gasteiger partial charge in [0.05, 0.1) is 11.0 Å². The molecule has 1 heterocycles. The number of aliphatic hydroxyl groups is 1. The molecule has 1 aromatic rings. The van der Waals surface area contributed by atoms with E-state index in [9.17, 15) is 15.0 Å². The molecule has 2 unspecified atom stereocenters. The Morgan fingerprint density at radius 2 is 2.14 bits per heavy atom. The zero-order valence-electron chi connectivity index (χ0n) is 12.8. The minimum absolute atomic E-state index is 0.0319. The van der Waals surface area contributed by atoms with Crippen molar-refractivity contribution in [1.29, 1.82) is 0 Å². The average molecular weight is 300 g/mol. The zero-order chi connectivity index (χ0) is 15.7. The van der Waals surface area contributed by atoms with Gasteiger partial charge in [-0.2, -0.15) is 0 Å². The summed E-state index contributed by atoms with van der Waals surface area (Å²) in [6, 6.07) is 3.42. The number of phenolic OH excluding ortho intramolecular Hbond substituents is 1. The van der Waals surface area contributed by atoms with Crippen molar-refractivity contribution in [2.24, 2.45) is 5.92 Å². The maximum Gasteiger partial charge on any atom is 0.196 e. The predicted octanol–water partition coefficient (Wildman–Crippen LogP) is 2.39. The van der Waals surface area contributed by atoms with Crippen molar-refractivity contribution in [2.45, 2.75) is 50.2 Å². The van der Waals surface area contributed by atoms with Gasteiger partial charge < -0.3 is 14.9 Å². The van der Waals surface area contributed by atoms with Crippen molar-refractivity contribution in [1.82, 2.24) is 0 Å². The Balaban J connectivity index is 2.07. The minimum Gasteiger partial charge on any atom is -0.504 e. The lowest BCUT2D eigenvalue weighted by atomic mass is 9.51. The van der Waals surface area contributed by atoms with Gasteiger partial charge in [-0.1, -0.05) is 19.4 Å². The van der Waals surface area contributed by atoms with Crippen LogP contribution in [0.5, 0.6) is 11.5 Å². The molecule has 1 aliphatic heterocycles. The van der Waals surface area contributed by atoms with Crippen LogP contribution >= 0.6 is 0 Å². The third-order valence-electron chi connectivity index (χ3n) is 5.91. The highest BCUT2D eigenvalue weighted by molar-refractivity contribution is 5.98. The maximum atomic E-state index is 12.5. The summed E-state index contributed by atoms with van der Waals surface area (Å²) in [5.41, 5.74) is -0.141. The van der Waals surface area contributed by atoms with Crippen LogP contribution in [0.1, 0.15) is 37.3 Å². The van der Waals surface area contributed by atoms with Crippen LogP contribution in [0.4, 0.5) is 0 Å². The van der Waals surface area contributed by atoms with Gasteiger partial charge in [0, 0.05) is 5.56 Å². The standard InChI is InChI=1S/C18H20O4/c1-10-5-6-12(19)15-14(10)17-8-3-4-11(2)18(17,21)9-7-13(20)16(17)22-15/h5-7,9,11,16,19,21H,3-4,8H2,1-2H3/t11-,16?,17-,18?/m0/s1. The second kappa shape index (κ2) is 4.13. The van der Waals surface area contributed by atoms with Gasteiger partial charge in [0.25, 0.3) is 0 Å². The van der Waals surface area contributed by atoms with Crippen LogP contribution in [0, 0.1) is 12.8 Å². The molecule has 0 amide bonds. The number of hydrogen-bond acceptors (Lipinski definition) is 4. The van der Waals surface area contributed by atoms with Crippen molar-refractivity contribution in [3.8, 4) is 11.5 Å². The molecular weight excluding hydrogens is 280 g/mol. The first-order valence-electron chi connectivity index (χ1n) is 7.87. The smallest absolute Gasteiger partial charge is 0.196 e. The second-order valence-corrected chi connectivity index (χ2v) is 6.93. The van der Waals surface area contributed by atoms with E-state index in [1.54, 1.807) is 12.1 Å². The fourth-order valence-electron chi connectivity index (χ4n) is 4.82. The summed E-state index contributed by atoms with van der Waals surface area (Å²) in [7, 11) is 0. The fraction of sp³-hybridized carbons (Fsp3) is 0.500. The average Bonchev–Trinajstić information content (AvgIpc) is 2.85. The van der Waals surface area contributed by atoms with Crippen LogP contribution in [0.15, 0.2) is 24.3 Å². The van der Waals surface area contributed by atoms with Crippen molar-refractivity contribution >= 4 is 5.78 Å². The highest BCUT2D eigenvalue weighted by Crippen LogP contribution is 2.62. The molecule has 4 nitrogen and oxygen atoms in total. The summed E-state index contributed by atoms with van der Waals surface area (Å²) in [4.78, 5) is 12.5. The number of aromatic hydroxyl groups is 1. The molecule has 116 valence electrons. The molecule has 1 spiro atoms. The SMILES string of the molecule is Cc1ccc(O)c2c1[C@]13CCC[C@H](C)C1(O)C=CC(=O)C3O2. The molecule has 0 saturated heterocycles. The van der Waals surface area contributed by atoms with Gasteiger partial charge >= 0.3 is 0 Å². The van der Waals surface area contributed by atoms with Crippen molar-refractivity contribution < 1.29 is 19.7 Å². The fourth-order valence-corrected chi connectivity index (χ4v) is 4.82. The number of hydrogen-bond donors (Lipinski definition) is 2. The molecular formula is C18H20O4. The summed E-state index contributed by atoms with van der Waals surface area (Å²) in [5, 5.41) is 21.7. The first-order valence-corrected chi connectivity index (χ1v) is 7.87. The molecule has 4 atom stereocenters. The van der Waals surface area contributed by atoms with Crippen LogP contribution in [0.25, 0.3) is 0 Å². The van der Waals surface area contributed by atoms with Gasteiger partial charge in [0.15, 0.2) is 23.4 Å². The maximum absolute atomic E-state index is 12.5. The third-order valence-corrected chi connectivity index (χ3v) is 5.91. The van der Waals surface area contributed by atoms with E-state index in [1.165, 1.54) is 6.08 Å². The highest BCUT2D eigenvalue weighted by Gasteiger charge is 2.67. The van der Waals surface area contributed by atoms with E-state index in [1.807, 2.05) is 19.9 Å². The van der Waals surface area contributed by atoms with Gasteiger partial charge in [-0.15, -0.1) is 0 Å². The molecule has 4 rings (SSSR count). The van der Waals surface area contributed by atoms with E-state index in [-0.39, 0.29) is 17.5 Å². The van der Waals surface area contributed by atoms with E-state index >= 15 is 0 Å². The topological polar surface area (TPSA) is 66.8 Å². The molecule has 0 radical (unpaired) electrons. The lowest BCUT2D eigenvalue weighted by Crippen LogP contribution is -2.65. The molecule has 2 aliphatic carbocycles. The number of ether oxygens (including phenoxy) is 1. The Labute approximate surface area is 129 Å². The summed E-state index contributed by atoms with van der Waals surface area (Å²) in [5.74, 6) is 0.311. The molecule has 1 fully saturated rings. The summed E-state index contributed by atoms with van der Waals surface area (Å²) in [6.45, 7) is 3.97. The number of fused-ring (bicyclic) bond motifs is 1. The van der Waals surface area contributed by atoms with Crippen LogP contribution in [-0.2, 0) is 10.2 Å². The van der Waals surface area contributed by atoms with Crippen molar-refractivity contribution in [3.05, 3.63) is 35.4 Å². The van der Waals surface area contributed by atoms with E-state index in [4.69, 9.17) is 4.74 Å². The molecule has 1 aromatic carbocycles. The van der Waals surface area contributed by atoms with Crippen LogP contribution < -0.4 is 4.74 Å². The Morgan fingerprint density at radius 3 is 2.91 bits per heavy atom. The summed E-state index contributed by atoms with van der Waals surface area (Å²) in [6.07, 6.45) is 4.90. The van der Waals surface area contributed by atoms with Crippen molar-refractivity contribution in [2.75, 3.05) is 0 Å². The highest BCUT2D eigenvalue weighted by atomic mass is 16.5. The quantitative estimate of drug-likeness (QED) is 0.772. The Kier molecular flexibility index (Phi) is 2.60. The van der Waals surface area contributed by atoms with Gasteiger partial charge in [-0.05, 0) is 49.5 Å². The number of benzene rings is 1. The molecule has 0 aromatic heterocycles. The Morgan fingerprint density at radius 1 is 1.36 bits per heavy atom. The van der Waals surface area contributed by atoms with E-state index in [0.717, 1.165) is 24.0 Å². The first-order chi connectivity index (χ1) is 10.4. The molecule has 1 saturated carbocycles. The van der Waals surface area contributed by atoms with Crippen molar-refractivity contribution in [3.63, 3.8) is 0 Å². The molecule has 2 N–H and O–H groups in total. The third kappa shape index (κ3) is 1.35. The number of rotatable bonds is 0. The summed E-state index contributed by atoms with van der Waals surface area (Å²) >= 11 is 0. The number of carbonyl (C=O) groups is 1. The van der Waals surface area contributed by atoms with E-state index < -0.39 is 17.1 Å². The second-order valence-electron chi connectivity index (χ2n) is 6.93. The van der Waals surface area contributed by atoms with E-state index in [0.29, 0.717) is 12.2 Å². The Hall–Kier alpha value is -1.81. The van der Waals surface area contributed by atoms with Crippen LogP contribution in [0.2, 0.25) is 0 Å². The number of carbonyl (C=O) groups excluding carboxylic acids is 1. The van der Waals surface area contributed by atoms with Gasteiger partial charge in [0.2, 0.25) is 0 Å². The first kappa shape index (κ1) is 13.8.